The van der Waals surface area contributed by atoms with Gasteiger partial charge in [0.25, 0.3) is 0 Å². The summed E-state index contributed by atoms with van der Waals surface area (Å²) in [6.07, 6.45) is 0. The summed E-state index contributed by atoms with van der Waals surface area (Å²) in [6, 6.07) is 0. The molecule has 0 saturated carbocycles. The molecule has 0 aromatic carbocycles. The van der Waals surface area contributed by atoms with Crippen molar-refractivity contribution in [2.75, 3.05) is 0 Å². The second-order valence-corrected chi connectivity index (χ2v) is 1.54. The van der Waals surface area contributed by atoms with Gasteiger partial charge in [-0.1, -0.05) is 0 Å². The third-order valence-electron chi connectivity index (χ3n) is 0. The van der Waals surface area contributed by atoms with Crippen LogP contribution in [-0.2, 0) is 4.57 Å². The van der Waals surface area contributed by atoms with E-state index in [1.54, 1.807) is 0 Å². The maximum Gasteiger partial charge on any atom is 1.00 e. The standard InChI is InChI=1S/Li.H3O4P/c;1-5(2,3)4/h;(H3,1,2,3,4)/q+1;. The minimum Gasteiger partial charge on any atom is -0.303 e. The quantitative estimate of drug-likeness (QED) is 0.217. The summed E-state index contributed by atoms with van der Waals surface area (Å²) in [5.74, 6) is 0. The molecule has 32 valence electrons. The van der Waals surface area contributed by atoms with Gasteiger partial charge in [-0.15, -0.1) is 0 Å². The van der Waals surface area contributed by atoms with Gasteiger partial charge in [0.1, 0.15) is 0 Å². The van der Waals surface area contributed by atoms with Crippen LogP contribution in [0.15, 0.2) is 0 Å². The van der Waals surface area contributed by atoms with Crippen molar-refractivity contribution in [3.8, 4) is 0 Å². The fourth-order valence-corrected chi connectivity index (χ4v) is 0. The average Bonchev–Trinajstić information content (AvgIpc) is 0.722. The minimum atomic E-state index is -4.64. The van der Waals surface area contributed by atoms with Gasteiger partial charge in [-0.2, -0.15) is 0 Å². The van der Waals surface area contributed by atoms with Crippen LogP contribution in [0.4, 0.5) is 0 Å². The second kappa shape index (κ2) is 2.81. The van der Waals surface area contributed by atoms with Crippen LogP contribution in [0.2, 0.25) is 0 Å². The Labute approximate surface area is 46.6 Å². The summed E-state index contributed by atoms with van der Waals surface area (Å²) in [7, 11) is -4.64. The van der Waals surface area contributed by atoms with Gasteiger partial charge in [0.05, 0.1) is 0 Å². The molecule has 6 heavy (non-hydrogen) atoms. The summed E-state index contributed by atoms with van der Waals surface area (Å²) in [5, 5.41) is 0. The summed E-state index contributed by atoms with van der Waals surface area (Å²) in [4.78, 5) is 21.6. The van der Waals surface area contributed by atoms with Gasteiger partial charge in [-0.3, -0.25) is 0 Å². The zero-order chi connectivity index (χ0) is 4.50. The van der Waals surface area contributed by atoms with Crippen molar-refractivity contribution in [3.63, 3.8) is 0 Å². The van der Waals surface area contributed by atoms with E-state index in [1.807, 2.05) is 0 Å². The Morgan fingerprint density at radius 3 is 1.17 bits per heavy atom. The van der Waals surface area contributed by atoms with E-state index in [0.29, 0.717) is 0 Å². The summed E-state index contributed by atoms with van der Waals surface area (Å²) in [6.45, 7) is 0. The van der Waals surface area contributed by atoms with E-state index in [0.717, 1.165) is 0 Å². The van der Waals surface area contributed by atoms with E-state index >= 15 is 0 Å². The van der Waals surface area contributed by atoms with Crippen LogP contribution in [-0.4, -0.2) is 14.7 Å². The molecule has 0 aromatic heterocycles. The predicted octanol–water partition coefficient (Wildman–Crippen LogP) is -3.92. The molecule has 0 aromatic rings. The molecule has 0 fully saturated rings. The molecule has 0 aliphatic heterocycles. The van der Waals surface area contributed by atoms with Gasteiger partial charge >= 0.3 is 26.7 Å². The first-order valence-corrected chi connectivity index (χ1v) is 2.35. The smallest absolute Gasteiger partial charge is 0.303 e. The molecule has 0 saturated heterocycles. The van der Waals surface area contributed by atoms with Gasteiger partial charge in [0.15, 0.2) is 0 Å². The van der Waals surface area contributed by atoms with Crippen LogP contribution in [0.3, 0.4) is 0 Å². The summed E-state index contributed by atoms with van der Waals surface area (Å²) < 4.78 is 8.88. The minimum absolute atomic E-state index is 0. The Kier molecular flexibility index (Phi) is 4.62. The van der Waals surface area contributed by atoms with E-state index in [4.69, 9.17) is 19.2 Å². The monoisotopic (exact) mass is 105 g/mol. The molecule has 0 atom stereocenters. The molecule has 0 rings (SSSR count). The molecule has 0 aliphatic rings. The first kappa shape index (κ1) is 9.86. The molecular weight excluding hydrogens is 102 g/mol. The van der Waals surface area contributed by atoms with Crippen molar-refractivity contribution >= 4 is 7.82 Å². The van der Waals surface area contributed by atoms with E-state index < -0.39 is 7.82 Å². The van der Waals surface area contributed by atoms with E-state index in [2.05, 4.69) is 0 Å². The number of rotatable bonds is 0. The van der Waals surface area contributed by atoms with Gasteiger partial charge < -0.3 is 14.7 Å². The van der Waals surface area contributed by atoms with Crippen LogP contribution < -0.4 is 18.9 Å². The van der Waals surface area contributed by atoms with Gasteiger partial charge in [-0.25, -0.2) is 4.57 Å². The largest absolute Gasteiger partial charge is 1.00 e. The maximum absolute atomic E-state index is 8.88. The first-order chi connectivity index (χ1) is 2.00. The van der Waals surface area contributed by atoms with Crippen molar-refractivity contribution < 1.29 is 38.1 Å². The molecule has 0 radical (unpaired) electrons. The van der Waals surface area contributed by atoms with E-state index in [9.17, 15) is 0 Å². The van der Waals surface area contributed by atoms with Gasteiger partial charge in [0.2, 0.25) is 0 Å². The normalized spacial score (nSPS) is 9.83. The molecule has 0 amide bonds. The van der Waals surface area contributed by atoms with E-state index in [-0.39, 0.29) is 18.9 Å². The maximum atomic E-state index is 8.88. The molecule has 0 spiro atoms. The van der Waals surface area contributed by atoms with Gasteiger partial charge in [0, 0.05) is 0 Å². The summed E-state index contributed by atoms with van der Waals surface area (Å²) >= 11 is 0. The van der Waals surface area contributed by atoms with Crippen LogP contribution >= 0.6 is 7.82 Å². The van der Waals surface area contributed by atoms with Crippen LogP contribution in [0.5, 0.6) is 0 Å². The fraction of sp³-hybridized carbons (Fsp3) is 0. The molecule has 6 heteroatoms. The van der Waals surface area contributed by atoms with Crippen LogP contribution in [0.1, 0.15) is 0 Å². The average molecular weight is 105 g/mol. The van der Waals surface area contributed by atoms with Crippen molar-refractivity contribution in [1.29, 1.82) is 0 Å². The predicted molar refractivity (Wildman–Crippen MR) is 14.3 cm³/mol. The first-order valence-electron chi connectivity index (χ1n) is 0.783. The fourth-order valence-electron chi connectivity index (χ4n) is 0. The van der Waals surface area contributed by atoms with Crippen molar-refractivity contribution in [2.45, 2.75) is 0 Å². The number of hydrogen-bond donors (Lipinski definition) is 3. The Balaban J connectivity index is 0. The molecule has 4 nitrogen and oxygen atoms in total. The second-order valence-electron chi connectivity index (χ2n) is 0.513. The molecule has 0 bridgehead atoms. The van der Waals surface area contributed by atoms with Crippen LogP contribution in [0, 0.1) is 0 Å². The Morgan fingerprint density at radius 2 is 1.17 bits per heavy atom. The Bertz CT molecular complexity index is 53.7. The zero-order valence-electron chi connectivity index (χ0n) is 3.20. The topological polar surface area (TPSA) is 77.8 Å². The van der Waals surface area contributed by atoms with Crippen LogP contribution in [0.25, 0.3) is 0 Å². The SMILES string of the molecule is O=P(O)(O)O.[Li+]. The van der Waals surface area contributed by atoms with Crippen molar-refractivity contribution in [2.24, 2.45) is 0 Å². The van der Waals surface area contributed by atoms with E-state index in [1.165, 1.54) is 0 Å². The molecular formula is H3LiO4P+. The van der Waals surface area contributed by atoms with Crippen molar-refractivity contribution in [3.05, 3.63) is 0 Å². The Hall–Kier alpha value is 0.707. The summed E-state index contributed by atoms with van der Waals surface area (Å²) in [5.41, 5.74) is 0. The molecule has 0 unspecified atom stereocenters. The molecule has 3 N–H and O–H groups in total. The zero-order valence-corrected chi connectivity index (χ0v) is 4.09. The van der Waals surface area contributed by atoms with Gasteiger partial charge in [-0.05, 0) is 0 Å². The van der Waals surface area contributed by atoms with Crippen molar-refractivity contribution in [1.82, 2.24) is 0 Å². The number of phosphoric acid groups is 1. The third-order valence-corrected chi connectivity index (χ3v) is 0. The Morgan fingerprint density at radius 1 is 1.17 bits per heavy atom. The number of hydrogen-bond acceptors (Lipinski definition) is 1. The molecule has 0 heterocycles. The third kappa shape index (κ3) is 129. The molecule has 0 aliphatic carbocycles.